The molecule has 1 N–H and O–H groups in total. The lowest BCUT2D eigenvalue weighted by Crippen LogP contribution is -2.42. The second kappa shape index (κ2) is 11.1. The normalized spacial score (nSPS) is 20.2. The first-order valence-electron chi connectivity index (χ1n) is 12.3. The van der Waals surface area contributed by atoms with Crippen molar-refractivity contribution in [1.29, 1.82) is 0 Å². The molecule has 1 amide bonds. The number of aliphatic hydroxyl groups excluding tert-OH is 1. The summed E-state index contributed by atoms with van der Waals surface area (Å²) >= 11 is 0. The van der Waals surface area contributed by atoms with Crippen molar-refractivity contribution in [3.63, 3.8) is 0 Å². The van der Waals surface area contributed by atoms with E-state index in [4.69, 9.17) is 14.2 Å². The lowest BCUT2D eigenvalue weighted by atomic mass is 9.93. The van der Waals surface area contributed by atoms with E-state index in [2.05, 4.69) is 18.7 Å². The summed E-state index contributed by atoms with van der Waals surface area (Å²) < 4.78 is 16.1. The van der Waals surface area contributed by atoms with Gasteiger partial charge >= 0.3 is 0 Å². The maximum absolute atomic E-state index is 13.3. The predicted octanol–water partition coefficient (Wildman–Crippen LogP) is 3.58. The number of ether oxygens (including phenoxy) is 3. The van der Waals surface area contributed by atoms with Gasteiger partial charge in [0.2, 0.25) is 0 Å². The molecule has 0 aliphatic carbocycles. The van der Waals surface area contributed by atoms with Crippen LogP contribution in [0.2, 0.25) is 0 Å². The van der Waals surface area contributed by atoms with E-state index in [0.29, 0.717) is 49.3 Å². The van der Waals surface area contributed by atoms with Crippen molar-refractivity contribution < 1.29 is 28.9 Å². The van der Waals surface area contributed by atoms with Gasteiger partial charge in [-0.2, -0.15) is 0 Å². The lowest BCUT2D eigenvalue weighted by molar-refractivity contribution is -0.140. The molecule has 36 heavy (non-hydrogen) atoms. The molecule has 4 rings (SSSR count). The number of methoxy groups -OCH3 is 2. The Balaban J connectivity index is 1.76. The first-order chi connectivity index (χ1) is 17.3. The Morgan fingerprint density at radius 1 is 1.00 bits per heavy atom. The fourth-order valence-corrected chi connectivity index (χ4v) is 4.73. The van der Waals surface area contributed by atoms with Gasteiger partial charge in [-0.1, -0.05) is 38.1 Å². The molecule has 0 spiro atoms. The Morgan fingerprint density at radius 2 is 1.67 bits per heavy atom. The summed E-state index contributed by atoms with van der Waals surface area (Å²) in [5.74, 6) is -0.271. The molecule has 2 heterocycles. The molecule has 1 atom stereocenters. The van der Waals surface area contributed by atoms with E-state index in [9.17, 15) is 14.7 Å². The highest BCUT2D eigenvalue weighted by atomic mass is 16.5. The van der Waals surface area contributed by atoms with E-state index in [1.54, 1.807) is 23.1 Å². The Morgan fingerprint density at radius 3 is 2.28 bits per heavy atom. The average molecular weight is 495 g/mol. The fraction of sp³-hybridized carbons (Fsp3) is 0.429. The molecule has 0 aromatic heterocycles. The van der Waals surface area contributed by atoms with Crippen molar-refractivity contribution in [1.82, 2.24) is 9.80 Å². The number of Topliss-reactive ketones (excluding diaryl/α,β-unsaturated/α-hetero) is 1. The SMILES string of the molecule is COc1ccc(/C(O)=C2/C(=O)C(=O)N(CCN3CCOCC3)C2c2ccc(C(C)C)cc2)cc1OC. The van der Waals surface area contributed by atoms with Gasteiger partial charge in [-0.15, -0.1) is 0 Å². The molecule has 192 valence electrons. The molecule has 0 saturated carbocycles. The number of aliphatic hydroxyl groups is 1. The second-order valence-corrected chi connectivity index (χ2v) is 9.34. The van der Waals surface area contributed by atoms with E-state index in [1.165, 1.54) is 14.2 Å². The van der Waals surface area contributed by atoms with E-state index < -0.39 is 17.7 Å². The van der Waals surface area contributed by atoms with Crippen LogP contribution in [0.15, 0.2) is 48.0 Å². The van der Waals surface area contributed by atoms with Crippen molar-refractivity contribution in [3.8, 4) is 11.5 Å². The van der Waals surface area contributed by atoms with Crippen LogP contribution in [0.1, 0.15) is 42.5 Å². The maximum Gasteiger partial charge on any atom is 0.295 e. The van der Waals surface area contributed by atoms with Crippen LogP contribution < -0.4 is 9.47 Å². The molecule has 8 heteroatoms. The minimum atomic E-state index is -0.694. The topological polar surface area (TPSA) is 88.5 Å². The summed E-state index contributed by atoms with van der Waals surface area (Å²) in [7, 11) is 3.03. The molecule has 8 nitrogen and oxygen atoms in total. The van der Waals surface area contributed by atoms with Gasteiger partial charge in [0.05, 0.1) is 39.0 Å². The van der Waals surface area contributed by atoms with Crippen LogP contribution in [-0.2, 0) is 14.3 Å². The van der Waals surface area contributed by atoms with E-state index in [-0.39, 0.29) is 11.3 Å². The number of hydrogen-bond donors (Lipinski definition) is 1. The standard InChI is InChI=1S/C28H34N2O6/c1-18(2)19-5-7-20(8-6-19)25-24(26(31)21-9-10-22(34-3)23(17-21)35-4)27(32)28(33)30(25)12-11-29-13-15-36-16-14-29/h5-10,17-18,25,31H,11-16H2,1-4H3/b26-24-. The summed E-state index contributed by atoms with van der Waals surface area (Å²) in [6.45, 7) is 8.07. The van der Waals surface area contributed by atoms with Crippen molar-refractivity contribution in [3.05, 3.63) is 64.7 Å². The van der Waals surface area contributed by atoms with Gasteiger partial charge in [0.1, 0.15) is 5.76 Å². The zero-order valence-electron chi connectivity index (χ0n) is 21.3. The van der Waals surface area contributed by atoms with E-state index in [1.807, 2.05) is 24.3 Å². The fourth-order valence-electron chi connectivity index (χ4n) is 4.73. The van der Waals surface area contributed by atoms with Gasteiger partial charge < -0.3 is 24.2 Å². The Labute approximate surface area is 212 Å². The monoisotopic (exact) mass is 494 g/mol. The molecule has 0 bridgehead atoms. The number of ketones is 1. The number of carbonyl (C=O) groups excluding carboxylic acids is 2. The third kappa shape index (κ3) is 5.10. The van der Waals surface area contributed by atoms with E-state index in [0.717, 1.165) is 24.2 Å². The number of hydrogen-bond acceptors (Lipinski definition) is 7. The molecular formula is C28H34N2O6. The molecule has 2 aliphatic rings. The molecule has 2 aliphatic heterocycles. The number of rotatable bonds is 8. The van der Waals surface area contributed by atoms with Crippen LogP contribution in [0.4, 0.5) is 0 Å². The first-order valence-corrected chi connectivity index (χ1v) is 12.3. The minimum absolute atomic E-state index is 0.0755. The molecule has 2 aromatic carbocycles. The highest BCUT2D eigenvalue weighted by molar-refractivity contribution is 6.46. The highest BCUT2D eigenvalue weighted by Gasteiger charge is 2.46. The predicted molar refractivity (Wildman–Crippen MR) is 136 cm³/mol. The van der Waals surface area contributed by atoms with Crippen LogP contribution in [0, 0.1) is 0 Å². The van der Waals surface area contributed by atoms with Gasteiger partial charge in [0, 0.05) is 31.7 Å². The summed E-state index contributed by atoms with van der Waals surface area (Å²) in [5, 5.41) is 11.4. The Kier molecular flexibility index (Phi) is 7.96. The van der Waals surface area contributed by atoms with E-state index >= 15 is 0 Å². The molecule has 2 fully saturated rings. The average Bonchev–Trinajstić information content (AvgIpc) is 3.16. The summed E-state index contributed by atoms with van der Waals surface area (Å²) in [6.07, 6.45) is 0. The second-order valence-electron chi connectivity index (χ2n) is 9.34. The summed E-state index contributed by atoms with van der Waals surface area (Å²) in [4.78, 5) is 30.4. The van der Waals surface area contributed by atoms with Gasteiger partial charge in [0.25, 0.3) is 11.7 Å². The number of carbonyl (C=O) groups is 2. The molecule has 2 aromatic rings. The van der Waals surface area contributed by atoms with Crippen molar-refractivity contribution in [2.45, 2.75) is 25.8 Å². The molecule has 0 radical (unpaired) electrons. The van der Waals surface area contributed by atoms with Crippen LogP contribution in [0.25, 0.3) is 5.76 Å². The van der Waals surface area contributed by atoms with Crippen molar-refractivity contribution in [2.24, 2.45) is 0 Å². The van der Waals surface area contributed by atoms with Crippen LogP contribution in [-0.4, -0.2) is 80.2 Å². The Bertz CT molecular complexity index is 1140. The van der Waals surface area contributed by atoms with Gasteiger partial charge in [0.15, 0.2) is 11.5 Å². The lowest BCUT2D eigenvalue weighted by Gasteiger charge is -2.31. The smallest absolute Gasteiger partial charge is 0.295 e. The van der Waals surface area contributed by atoms with Gasteiger partial charge in [-0.3, -0.25) is 14.5 Å². The molecular weight excluding hydrogens is 460 g/mol. The summed E-state index contributed by atoms with van der Waals surface area (Å²) in [5.41, 5.74) is 2.39. The van der Waals surface area contributed by atoms with Gasteiger partial charge in [-0.05, 0) is 35.2 Å². The number of nitrogens with zero attached hydrogens (tertiary/aromatic N) is 2. The minimum Gasteiger partial charge on any atom is -0.507 e. The number of benzene rings is 2. The zero-order valence-corrected chi connectivity index (χ0v) is 21.3. The van der Waals surface area contributed by atoms with Crippen LogP contribution in [0.3, 0.4) is 0 Å². The Hall–Kier alpha value is -3.36. The molecule has 1 unspecified atom stereocenters. The summed E-state index contributed by atoms with van der Waals surface area (Å²) in [6, 6.07) is 12.1. The number of likely N-dealkylation sites (tertiary alicyclic amines) is 1. The highest BCUT2D eigenvalue weighted by Crippen LogP contribution is 2.40. The van der Waals surface area contributed by atoms with Crippen molar-refractivity contribution >= 4 is 17.4 Å². The largest absolute Gasteiger partial charge is 0.507 e. The third-order valence-corrected chi connectivity index (χ3v) is 6.88. The number of morpholine rings is 1. The first kappa shape index (κ1) is 25.7. The number of amides is 1. The molecule has 2 saturated heterocycles. The van der Waals surface area contributed by atoms with Crippen LogP contribution >= 0.6 is 0 Å². The quantitative estimate of drug-likeness (QED) is 0.341. The third-order valence-electron chi connectivity index (χ3n) is 6.88. The van der Waals surface area contributed by atoms with Crippen molar-refractivity contribution in [2.75, 3.05) is 53.6 Å². The van der Waals surface area contributed by atoms with Gasteiger partial charge in [-0.25, -0.2) is 0 Å². The van der Waals surface area contributed by atoms with Crippen LogP contribution in [0.5, 0.6) is 11.5 Å². The maximum atomic E-state index is 13.3. The zero-order chi connectivity index (χ0) is 25.8.